The molecule has 1 fully saturated rings. The number of nitriles is 1. The molecule has 0 saturated carbocycles. The van der Waals surface area contributed by atoms with Crippen LogP contribution in [0.25, 0.3) is 0 Å². The summed E-state index contributed by atoms with van der Waals surface area (Å²) in [6.45, 7) is 7.32. The largest absolute Gasteiger partial charge is 0.375 e. The molecule has 1 aliphatic rings. The molecule has 108 valence electrons. The highest BCUT2D eigenvalue weighted by atomic mass is 16.5. The lowest BCUT2D eigenvalue weighted by Gasteiger charge is -2.40. The fraction of sp³-hybridized carbons (Fsp3) is 0.611. The maximum absolute atomic E-state index is 9.19. The third kappa shape index (κ3) is 3.41. The minimum absolute atomic E-state index is 0.0126. The van der Waals surface area contributed by atoms with Crippen LogP contribution in [0.3, 0.4) is 0 Å². The summed E-state index contributed by atoms with van der Waals surface area (Å²) in [5.74, 6) is 0.895. The Kier molecular flexibility index (Phi) is 4.83. The first-order valence-corrected chi connectivity index (χ1v) is 7.65. The van der Waals surface area contributed by atoms with Crippen molar-refractivity contribution >= 4 is 0 Å². The van der Waals surface area contributed by atoms with E-state index in [1.165, 1.54) is 11.1 Å². The molecule has 3 atom stereocenters. The van der Waals surface area contributed by atoms with Gasteiger partial charge in [-0.15, -0.1) is 0 Å². The van der Waals surface area contributed by atoms with E-state index in [1.807, 2.05) is 0 Å². The van der Waals surface area contributed by atoms with Crippen LogP contribution in [0, 0.1) is 24.2 Å². The van der Waals surface area contributed by atoms with Gasteiger partial charge in [-0.3, -0.25) is 0 Å². The number of hydrogen-bond acceptors (Lipinski definition) is 2. The van der Waals surface area contributed by atoms with Crippen LogP contribution >= 0.6 is 0 Å². The van der Waals surface area contributed by atoms with Gasteiger partial charge in [0, 0.05) is 13.0 Å². The molecule has 2 nitrogen and oxygen atoms in total. The van der Waals surface area contributed by atoms with Crippen molar-refractivity contribution in [3.63, 3.8) is 0 Å². The highest BCUT2D eigenvalue weighted by Crippen LogP contribution is 2.41. The molecular formula is C18H25NO. The second-order valence-corrected chi connectivity index (χ2v) is 6.28. The van der Waals surface area contributed by atoms with Crippen LogP contribution < -0.4 is 0 Å². The van der Waals surface area contributed by atoms with Gasteiger partial charge in [0.25, 0.3) is 0 Å². The van der Waals surface area contributed by atoms with Gasteiger partial charge < -0.3 is 4.74 Å². The standard InChI is InChI=1S/C18H25NO/c1-4-18(3)13-16(10-12-20-18)17(9-11-19)15-7-5-14(2)6-8-15/h5-8,16-17H,4,9-10,12-13H2,1-3H3/t16-,17-,18+/m0/s1. The lowest BCUT2D eigenvalue weighted by Crippen LogP contribution is -2.38. The van der Waals surface area contributed by atoms with Crippen LogP contribution in [0.1, 0.15) is 56.6 Å². The minimum atomic E-state index is -0.0126. The third-order valence-corrected chi connectivity index (χ3v) is 4.77. The quantitative estimate of drug-likeness (QED) is 0.802. The summed E-state index contributed by atoms with van der Waals surface area (Å²) in [7, 11) is 0. The second kappa shape index (κ2) is 6.41. The summed E-state index contributed by atoms with van der Waals surface area (Å²) < 4.78 is 5.95. The predicted molar refractivity (Wildman–Crippen MR) is 81.5 cm³/mol. The van der Waals surface area contributed by atoms with E-state index in [0.29, 0.717) is 18.3 Å². The number of benzene rings is 1. The molecule has 0 amide bonds. The van der Waals surface area contributed by atoms with E-state index in [4.69, 9.17) is 4.74 Å². The van der Waals surface area contributed by atoms with Gasteiger partial charge in [-0.05, 0) is 50.5 Å². The summed E-state index contributed by atoms with van der Waals surface area (Å²) in [5, 5.41) is 9.19. The Labute approximate surface area is 122 Å². The molecule has 1 saturated heterocycles. The summed E-state index contributed by atoms with van der Waals surface area (Å²) in [6.07, 6.45) is 3.77. The normalized spacial score (nSPS) is 27.8. The van der Waals surface area contributed by atoms with E-state index >= 15 is 0 Å². The van der Waals surface area contributed by atoms with Crippen molar-refractivity contribution in [2.45, 2.75) is 58.0 Å². The zero-order chi connectivity index (χ0) is 14.6. The fourth-order valence-electron chi connectivity index (χ4n) is 3.23. The van der Waals surface area contributed by atoms with Crippen LogP contribution in [0.15, 0.2) is 24.3 Å². The van der Waals surface area contributed by atoms with Crippen molar-refractivity contribution in [2.75, 3.05) is 6.61 Å². The molecule has 2 rings (SSSR count). The summed E-state index contributed by atoms with van der Waals surface area (Å²) in [6, 6.07) is 11.1. The number of rotatable bonds is 4. The molecule has 0 aromatic heterocycles. The molecule has 1 aromatic carbocycles. The van der Waals surface area contributed by atoms with E-state index in [1.54, 1.807) is 0 Å². The Morgan fingerprint density at radius 1 is 1.40 bits per heavy atom. The van der Waals surface area contributed by atoms with E-state index < -0.39 is 0 Å². The Morgan fingerprint density at radius 2 is 2.10 bits per heavy atom. The summed E-state index contributed by atoms with van der Waals surface area (Å²) >= 11 is 0. The van der Waals surface area contributed by atoms with Gasteiger partial charge in [-0.1, -0.05) is 36.8 Å². The Balaban J connectivity index is 2.20. The van der Waals surface area contributed by atoms with E-state index in [2.05, 4.69) is 51.1 Å². The predicted octanol–water partition coefficient (Wildman–Crippen LogP) is 4.59. The molecule has 1 heterocycles. The van der Waals surface area contributed by atoms with Crippen molar-refractivity contribution < 1.29 is 4.74 Å². The molecule has 0 bridgehead atoms. The molecule has 1 aliphatic heterocycles. The molecule has 0 aliphatic carbocycles. The monoisotopic (exact) mass is 271 g/mol. The Hall–Kier alpha value is -1.33. The lowest BCUT2D eigenvalue weighted by molar-refractivity contribution is -0.0909. The average molecular weight is 271 g/mol. The lowest BCUT2D eigenvalue weighted by atomic mass is 9.74. The maximum Gasteiger partial charge on any atom is 0.0654 e. The Bertz CT molecular complexity index is 473. The molecule has 20 heavy (non-hydrogen) atoms. The molecule has 2 heteroatoms. The van der Waals surface area contributed by atoms with Gasteiger partial charge in [-0.2, -0.15) is 5.26 Å². The molecule has 0 spiro atoms. The smallest absolute Gasteiger partial charge is 0.0654 e. The van der Waals surface area contributed by atoms with E-state index in [9.17, 15) is 5.26 Å². The van der Waals surface area contributed by atoms with Crippen molar-refractivity contribution in [1.82, 2.24) is 0 Å². The van der Waals surface area contributed by atoms with E-state index in [0.717, 1.165) is 25.9 Å². The molecule has 1 aromatic rings. The first-order valence-electron chi connectivity index (χ1n) is 7.65. The van der Waals surface area contributed by atoms with Gasteiger partial charge in [0.1, 0.15) is 0 Å². The highest BCUT2D eigenvalue weighted by Gasteiger charge is 2.35. The molecular weight excluding hydrogens is 246 g/mol. The van der Waals surface area contributed by atoms with Crippen LogP contribution in [-0.2, 0) is 4.74 Å². The van der Waals surface area contributed by atoms with Crippen molar-refractivity contribution in [1.29, 1.82) is 5.26 Å². The zero-order valence-corrected chi connectivity index (χ0v) is 12.9. The molecule has 0 unspecified atom stereocenters. The van der Waals surface area contributed by atoms with Crippen molar-refractivity contribution in [2.24, 2.45) is 5.92 Å². The zero-order valence-electron chi connectivity index (χ0n) is 12.9. The van der Waals surface area contributed by atoms with E-state index in [-0.39, 0.29) is 5.60 Å². The van der Waals surface area contributed by atoms with Crippen LogP contribution in [0.4, 0.5) is 0 Å². The number of hydrogen-bond donors (Lipinski definition) is 0. The maximum atomic E-state index is 9.19. The fourth-order valence-corrected chi connectivity index (χ4v) is 3.23. The Morgan fingerprint density at radius 3 is 2.70 bits per heavy atom. The topological polar surface area (TPSA) is 33.0 Å². The first kappa shape index (κ1) is 15.1. The second-order valence-electron chi connectivity index (χ2n) is 6.28. The van der Waals surface area contributed by atoms with Gasteiger partial charge in [0.05, 0.1) is 11.7 Å². The number of nitrogens with zero attached hydrogens (tertiary/aromatic N) is 1. The van der Waals surface area contributed by atoms with Crippen LogP contribution in [0.2, 0.25) is 0 Å². The van der Waals surface area contributed by atoms with Crippen molar-refractivity contribution in [3.05, 3.63) is 35.4 Å². The van der Waals surface area contributed by atoms with Crippen molar-refractivity contribution in [3.8, 4) is 6.07 Å². The first-order chi connectivity index (χ1) is 9.58. The van der Waals surface area contributed by atoms with Gasteiger partial charge in [-0.25, -0.2) is 0 Å². The SMILES string of the molecule is CC[C@]1(C)C[C@@H]([C@@H](CC#N)c2ccc(C)cc2)CCO1. The molecule has 0 N–H and O–H groups in total. The van der Waals surface area contributed by atoms with Crippen LogP contribution in [0.5, 0.6) is 0 Å². The van der Waals surface area contributed by atoms with Gasteiger partial charge in [0.2, 0.25) is 0 Å². The molecule has 0 radical (unpaired) electrons. The summed E-state index contributed by atoms with van der Waals surface area (Å²) in [5.41, 5.74) is 2.57. The van der Waals surface area contributed by atoms with Gasteiger partial charge in [0.15, 0.2) is 0 Å². The summed E-state index contributed by atoms with van der Waals surface area (Å²) in [4.78, 5) is 0. The van der Waals surface area contributed by atoms with Crippen LogP contribution in [-0.4, -0.2) is 12.2 Å². The number of aryl methyl sites for hydroxylation is 1. The van der Waals surface area contributed by atoms with Gasteiger partial charge >= 0.3 is 0 Å². The minimum Gasteiger partial charge on any atom is -0.375 e. The number of ether oxygens (including phenoxy) is 1. The average Bonchev–Trinajstić information content (AvgIpc) is 2.46. The third-order valence-electron chi connectivity index (χ3n) is 4.77. The highest BCUT2D eigenvalue weighted by molar-refractivity contribution is 5.26.